The van der Waals surface area contributed by atoms with Gasteiger partial charge in [-0.2, -0.15) is 0 Å². The van der Waals surface area contributed by atoms with Gasteiger partial charge in [-0.3, -0.25) is 0 Å². The summed E-state index contributed by atoms with van der Waals surface area (Å²) in [6, 6.07) is 11.5. The predicted molar refractivity (Wildman–Crippen MR) is 150 cm³/mol. The fourth-order valence-corrected chi connectivity index (χ4v) is 4.64. The molecule has 38 heavy (non-hydrogen) atoms. The first-order valence-corrected chi connectivity index (χ1v) is 13.2. The average molecular weight is 519 g/mol. The minimum atomic E-state index is -0.347. The molecule has 0 atom stereocenters. The molecule has 0 aliphatic carbocycles. The average Bonchev–Trinajstić information content (AvgIpc) is 2.91. The van der Waals surface area contributed by atoms with E-state index < -0.39 is 0 Å². The van der Waals surface area contributed by atoms with Crippen LogP contribution in [0.2, 0.25) is 0 Å². The molecule has 0 spiro atoms. The lowest BCUT2D eigenvalue weighted by atomic mass is 9.97. The van der Waals surface area contributed by atoms with Crippen molar-refractivity contribution in [1.29, 1.82) is 0 Å². The van der Waals surface area contributed by atoms with E-state index in [1.807, 2.05) is 56.6 Å². The van der Waals surface area contributed by atoms with E-state index >= 15 is 0 Å². The lowest BCUT2D eigenvalue weighted by molar-refractivity contribution is 0.120. The zero-order valence-corrected chi connectivity index (χ0v) is 22.5. The van der Waals surface area contributed by atoms with E-state index in [0.717, 1.165) is 48.4 Å². The number of amides is 2. The molecule has 0 bridgehead atoms. The fourth-order valence-electron chi connectivity index (χ4n) is 4.64. The highest BCUT2D eigenvalue weighted by Crippen LogP contribution is 2.35. The number of carbonyl (C=O) groups excluding carboxylic acids is 2. The van der Waals surface area contributed by atoms with Crippen molar-refractivity contribution < 1.29 is 19.1 Å². The van der Waals surface area contributed by atoms with Crippen molar-refractivity contribution in [2.24, 2.45) is 0 Å². The third-order valence-corrected chi connectivity index (χ3v) is 7.08. The van der Waals surface area contributed by atoms with Crippen LogP contribution < -0.4 is 9.47 Å². The van der Waals surface area contributed by atoms with Gasteiger partial charge < -0.3 is 29.1 Å². The number of likely N-dealkylation sites (N-methyl/N-ethyl adjacent to an activating group) is 2. The van der Waals surface area contributed by atoms with Crippen LogP contribution >= 0.6 is 0 Å². The number of piperazine rings is 2. The van der Waals surface area contributed by atoms with Gasteiger partial charge in [0.15, 0.2) is 0 Å². The largest absolute Gasteiger partial charge is 0.415 e. The van der Waals surface area contributed by atoms with Gasteiger partial charge in [-0.05, 0) is 67.9 Å². The Kier molecular flexibility index (Phi) is 9.20. The number of nitrogens with zero attached hydrogens (tertiary/aromatic N) is 4. The normalized spacial score (nSPS) is 16.7. The molecule has 2 fully saturated rings. The molecular formula is C30H38N4O4. The van der Waals surface area contributed by atoms with Crippen LogP contribution in [0.1, 0.15) is 11.1 Å². The van der Waals surface area contributed by atoms with E-state index in [4.69, 9.17) is 9.47 Å². The standard InChI is InChI=1S/C30H38N4O4/c1-5-7-23-9-11-28(38-30(36)34-19-15-32(4)16-20-34)26(21-23)24-10-12-27(25(22-24)8-6-2)37-29(35)33-17-13-31(3)14-18-33/h5-6,9-12,21-22H,1-2,7-8,13-20H2,3-4H3. The lowest BCUT2D eigenvalue weighted by Gasteiger charge is -2.31. The topological polar surface area (TPSA) is 65.6 Å². The SMILES string of the molecule is C=CCc1ccc(OC(=O)N2CCN(C)CC2)c(-c2ccc(OC(=O)N3CCN(C)CC3)c(CC=C)c2)c1. The Morgan fingerprint density at radius 3 is 1.82 bits per heavy atom. The molecular weight excluding hydrogens is 480 g/mol. The van der Waals surface area contributed by atoms with Gasteiger partial charge in [0.25, 0.3) is 0 Å². The molecule has 0 N–H and O–H groups in total. The molecule has 0 aromatic heterocycles. The number of ether oxygens (including phenoxy) is 2. The zero-order valence-electron chi connectivity index (χ0n) is 22.5. The summed E-state index contributed by atoms with van der Waals surface area (Å²) >= 11 is 0. The van der Waals surface area contributed by atoms with Crippen molar-refractivity contribution in [1.82, 2.24) is 19.6 Å². The molecule has 2 aliphatic rings. The van der Waals surface area contributed by atoms with Crippen LogP contribution in [0.5, 0.6) is 11.5 Å². The first kappa shape index (κ1) is 27.4. The van der Waals surface area contributed by atoms with Crippen LogP contribution in [0.15, 0.2) is 61.7 Å². The number of hydrogen-bond acceptors (Lipinski definition) is 6. The molecule has 2 aromatic rings. The maximum atomic E-state index is 13.0. The third-order valence-electron chi connectivity index (χ3n) is 7.08. The Bertz CT molecular complexity index is 1160. The van der Waals surface area contributed by atoms with Crippen molar-refractivity contribution in [2.45, 2.75) is 12.8 Å². The van der Waals surface area contributed by atoms with E-state index in [1.54, 1.807) is 15.9 Å². The summed E-state index contributed by atoms with van der Waals surface area (Å²) in [5, 5.41) is 0. The van der Waals surface area contributed by atoms with E-state index in [2.05, 4.69) is 23.0 Å². The molecule has 202 valence electrons. The third kappa shape index (κ3) is 6.82. The number of allylic oxidation sites excluding steroid dienone is 2. The molecule has 2 aromatic carbocycles. The highest BCUT2D eigenvalue weighted by molar-refractivity contribution is 5.79. The van der Waals surface area contributed by atoms with Crippen LogP contribution in [0.4, 0.5) is 9.59 Å². The van der Waals surface area contributed by atoms with Crippen LogP contribution in [0, 0.1) is 0 Å². The van der Waals surface area contributed by atoms with Gasteiger partial charge in [0, 0.05) is 57.9 Å². The Morgan fingerprint density at radius 2 is 1.26 bits per heavy atom. The van der Waals surface area contributed by atoms with E-state index in [0.29, 0.717) is 50.5 Å². The molecule has 2 saturated heterocycles. The van der Waals surface area contributed by atoms with Gasteiger partial charge in [0.2, 0.25) is 0 Å². The Labute approximate surface area is 225 Å². The minimum absolute atomic E-state index is 0.342. The summed E-state index contributed by atoms with van der Waals surface area (Å²) in [4.78, 5) is 33.7. The minimum Gasteiger partial charge on any atom is -0.410 e. The van der Waals surface area contributed by atoms with Gasteiger partial charge in [0.05, 0.1) is 0 Å². The Balaban J connectivity index is 1.60. The van der Waals surface area contributed by atoms with Crippen molar-refractivity contribution >= 4 is 12.2 Å². The van der Waals surface area contributed by atoms with Crippen LogP contribution in [-0.2, 0) is 12.8 Å². The number of hydrogen-bond donors (Lipinski definition) is 0. The number of rotatable bonds is 7. The van der Waals surface area contributed by atoms with Crippen LogP contribution in [0.25, 0.3) is 11.1 Å². The molecule has 4 rings (SSSR count). The highest BCUT2D eigenvalue weighted by atomic mass is 16.6. The number of benzene rings is 2. The van der Waals surface area contributed by atoms with Crippen LogP contribution in [0.3, 0.4) is 0 Å². The van der Waals surface area contributed by atoms with E-state index in [9.17, 15) is 9.59 Å². The molecule has 2 aliphatic heterocycles. The second-order valence-electron chi connectivity index (χ2n) is 9.96. The van der Waals surface area contributed by atoms with Gasteiger partial charge in [-0.25, -0.2) is 9.59 Å². The quantitative estimate of drug-likeness (QED) is 0.509. The summed E-state index contributed by atoms with van der Waals surface area (Å²) in [6.07, 6.45) is 4.17. The fraction of sp³-hybridized carbons (Fsp3) is 0.400. The molecule has 2 amide bonds. The summed E-state index contributed by atoms with van der Waals surface area (Å²) in [5.41, 5.74) is 3.57. The van der Waals surface area contributed by atoms with Crippen molar-refractivity contribution in [3.05, 3.63) is 72.8 Å². The van der Waals surface area contributed by atoms with Gasteiger partial charge in [-0.15, -0.1) is 13.2 Å². The molecule has 8 nitrogen and oxygen atoms in total. The molecule has 2 heterocycles. The smallest absolute Gasteiger partial charge is 0.410 e. The Morgan fingerprint density at radius 1 is 0.737 bits per heavy atom. The van der Waals surface area contributed by atoms with E-state index in [-0.39, 0.29) is 12.2 Å². The zero-order chi connectivity index (χ0) is 27.1. The first-order chi connectivity index (χ1) is 18.4. The lowest BCUT2D eigenvalue weighted by Crippen LogP contribution is -2.48. The monoisotopic (exact) mass is 518 g/mol. The summed E-state index contributed by atoms with van der Waals surface area (Å²) in [5.74, 6) is 1.00. The van der Waals surface area contributed by atoms with Gasteiger partial charge >= 0.3 is 12.2 Å². The van der Waals surface area contributed by atoms with Gasteiger partial charge in [0.1, 0.15) is 11.5 Å². The first-order valence-electron chi connectivity index (χ1n) is 13.2. The van der Waals surface area contributed by atoms with Crippen LogP contribution in [-0.4, -0.2) is 98.2 Å². The second kappa shape index (κ2) is 12.8. The predicted octanol–water partition coefficient (Wildman–Crippen LogP) is 4.30. The summed E-state index contributed by atoms with van der Waals surface area (Å²) < 4.78 is 11.7. The van der Waals surface area contributed by atoms with E-state index in [1.165, 1.54) is 0 Å². The maximum Gasteiger partial charge on any atom is 0.415 e. The maximum absolute atomic E-state index is 13.0. The van der Waals surface area contributed by atoms with Crippen molar-refractivity contribution in [2.75, 3.05) is 66.5 Å². The molecule has 0 unspecified atom stereocenters. The molecule has 0 radical (unpaired) electrons. The Hall–Kier alpha value is -3.62. The number of carbonyl (C=O) groups is 2. The summed E-state index contributed by atoms with van der Waals surface area (Å²) in [7, 11) is 4.09. The molecule has 8 heteroatoms. The van der Waals surface area contributed by atoms with Crippen molar-refractivity contribution in [3.8, 4) is 22.6 Å². The van der Waals surface area contributed by atoms with Gasteiger partial charge in [-0.1, -0.05) is 24.3 Å². The molecule has 0 saturated carbocycles. The second-order valence-corrected chi connectivity index (χ2v) is 9.96. The van der Waals surface area contributed by atoms with Crippen molar-refractivity contribution in [3.63, 3.8) is 0 Å². The summed E-state index contributed by atoms with van der Waals surface area (Å²) in [6.45, 7) is 13.6. The highest BCUT2D eigenvalue weighted by Gasteiger charge is 2.24.